The summed E-state index contributed by atoms with van der Waals surface area (Å²) in [4.78, 5) is 23.4. The van der Waals surface area contributed by atoms with Gasteiger partial charge in [-0.3, -0.25) is 19.6 Å². The van der Waals surface area contributed by atoms with Gasteiger partial charge in [0.25, 0.3) is 5.69 Å². The SMILES string of the molecule is Cc1ccc(Oc2cc(NC(=O)C(C)n3ncc(Br)c3C)cc([N+](=O)[O-])c2)cc1. The number of aryl methyl sites for hydroxylation is 1. The van der Waals surface area contributed by atoms with Crippen molar-refractivity contribution in [2.24, 2.45) is 0 Å². The van der Waals surface area contributed by atoms with Crippen molar-refractivity contribution in [1.29, 1.82) is 0 Å². The average molecular weight is 459 g/mol. The first-order valence-corrected chi connectivity index (χ1v) is 9.58. The number of nitrogens with zero attached hydrogens (tertiary/aromatic N) is 3. The van der Waals surface area contributed by atoms with Crippen molar-refractivity contribution in [3.8, 4) is 11.5 Å². The van der Waals surface area contributed by atoms with Gasteiger partial charge in [-0.25, -0.2) is 0 Å². The summed E-state index contributed by atoms with van der Waals surface area (Å²) in [6, 6.07) is 10.8. The maximum Gasteiger partial charge on any atom is 0.275 e. The van der Waals surface area contributed by atoms with Crippen molar-refractivity contribution in [1.82, 2.24) is 9.78 Å². The van der Waals surface area contributed by atoms with Gasteiger partial charge < -0.3 is 10.1 Å². The highest BCUT2D eigenvalue weighted by Crippen LogP contribution is 2.30. The number of non-ortho nitro benzene ring substituents is 1. The first-order valence-electron chi connectivity index (χ1n) is 8.79. The Balaban J connectivity index is 1.85. The smallest absolute Gasteiger partial charge is 0.275 e. The maximum atomic E-state index is 12.7. The molecule has 9 heteroatoms. The molecule has 2 aromatic carbocycles. The van der Waals surface area contributed by atoms with Crippen LogP contribution in [-0.2, 0) is 4.79 Å². The summed E-state index contributed by atoms with van der Waals surface area (Å²) in [6.45, 7) is 5.48. The molecule has 150 valence electrons. The second kappa shape index (κ2) is 8.44. The van der Waals surface area contributed by atoms with E-state index in [1.807, 2.05) is 26.0 Å². The van der Waals surface area contributed by atoms with Crippen molar-refractivity contribution >= 4 is 33.2 Å². The molecule has 3 aromatic rings. The van der Waals surface area contributed by atoms with Crippen LogP contribution in [0.1, 0.15) is 24.2 Å². The Morgan fingerprint density at radius 1 is 1.21 bits per heavy atom. The highest BCUT2D eigenvalue weighted by Gasteiger charge is 2.20. The summed E-state index contributed by atoms with van der Waals surface area (Å²) in [6.07, 6.45) is 1.61. The molecule has 1 aromatic heterocycles. The number of hydrogen-bond donors (Lipinski definition) is 1. The molecule has 1 amide bonds. The molecule has 0 saturated heterocycles. The first kappa shape index (κ1) is 20.5. The number of benzene rings is 2. The Morgan fingerprint density at radius 2 is 1.90 bits per heavy atom. The van der Waals surface area contributed by atoms with Gasteiger partial charge in [-0.15, -0.1) is 0 Å². The van der Waals surface area contributed by atoms with Crippen LogP contribution in [0.5, 0.6) is 11.5 Å². The van der Waals surface area contributed by atoms with Crippen molar-refractivity contribution in [3.05, 3.63) is 74.5 Å². The lowest BCUT2D eigenvalue weighted by atomic mass is 10.2. The van der Waals surface area contributed by atoms with Crippen LogP contribution in [0.15, 0.2) is 53.1 Å². The lowest BCUT2D eigenvalue weighted by Gasteiger charge is -2.15. The fraction of sp³-hybridized carbons (Fsp3) is 0.200. The molecular formula is C20H19BrN4O4. The van der Waals surface area contributed by atoms with E-state index >= 15 is 0 Å². The van der Waals surface area contributed by atoms with E-state index in [9.17, 15) is 14.9 Å². The lowest BCUT2D eigenvalue weighted by molar-refractivity contribution is -0.384. The molecule has 3 rings (SSSR count). The topological polar surface area (TPSA) is 99.3 Å². The number of halogens is 1. The van der Waals surface area contributed by atoms with Gasteiger partial charge in [-0.1, -0.05) is 17.7 Å². The summed E-state index contributed by atoms with van der Waals surface area (Å²) in [5.41, 5.74) is 1.95. The molecule has 0 aliphatic rings. The Bertz CT molecular complexity index is 1060. The molecule has 0 saturated carbocycles. The van der Waals surface area contributed by atoms with E-state index in [0.29, 0.717) is 5.75 Å². The molecule has 0 aliphatic carbocycles. The largest absolute Gasteiger partial charge is 0.457 e. The van der Waals surface area contributed by atoms with E-state index in [-0.39, 0.29) is 23.0 Å². The summed E-state index contributed by atoms with van der Waals surface area (Å²) < 4.78 is 8.10. The number of rotatable bonds is 6. The van der Waals surface area contributed by atoms with Crippen molar-refractivity contribution in [2.45, 2.75) is 26.8 Å². The van der Waals surface area contributed by atoms with E-state index in [1.165, 1.54) is 12.1 Å². The fourth-order valence-electron chi connectivity index (χ4n) is 2.71. The first-order chi connectivity index (χ1) is 13.7. The number of anilines is 1. The van der Waals surface area contributed by atoms with Crippen LogP contribution in [0.25, 0.3) is 0 Å². The van der Waals surface area contributed by atoms with Crippen LogP contribution in [0.3, 0.4) is 0 Å². The van der Waals surface area contributed by atoms with Gasteiger partial charge in [0.15, 0.2) is 0 Å². The number of carbonyl (C=O) groups is 1. The van der Waals surface area contributed by atoms with Gasteiger partial charge in [0, 0.05) is 12.1 Å². The summed E-state index contributed by atoms with van der Waals surface area (Å²) in [7, 11) is 0. The van der Waals surface area contributed by atoms with Gasteiger partial charge in [-0.2, -0.15) is 5.10 Å². The summed E-state index contributed by atoms with van der Waals surface area (Å²) >= 11 is 3.36. The van der Waals surface area contributed by atoms with Crippen LogP contribution >= 0.6 is 15.9 Å². The predicted molar refractivity (Wildman–Crippen MR) is 112 cm³/mol. The molecule has 1 unspecified atom stereocenters. The monoisotopic (exact) mass is 458 g/mol. The molecule has 1 atom stereocenters. The number of aromatic nitrogens is 2. The Kier molecular flexibility index (Phi) is 5.97. The highest BCUT2D eigenvalue weighted by atomic mass is 79.9. The molecule has 0 radical (unpaired) electrons. The van der Waals surface area contributed by atoms with E-state index in [0.717, 1.165) is 15.7 Å². The minimum absolute atomic E-state index is 0.185. The number of nitrogens with one attached hydrogen (secondary N) is 1. The molecular weight excluding hydrogens is 440 g/mol. The fourth-order valence-corrected chi connectivity index (χ4v) is 2.99. The third kappa shape index (κ3) is 4.80. The number of nitro benzene ring substituents is 1. The third-order valence-corrected chi connectivity index (χ3v) is 5.14. The number of carbonyl (C=O) groups excluding carboxylic acids is 1. The zero-order chi connectivity index (χ0) is 21.1. The lowest BCUT2D eigenvalue weighted by Crippen LogP contribution is -2.25. The average Bonchev–Trinajstić information content (AvgIpc) is 3.01. The van der Waals surface area contributed by atoms with Crippen LogP contribution in [0.2, 0.25) is 0 Å². The number of ether oxygens (including phenoxy) is 1. The zero-order valence-electron chi connectivity index (χ0n) is 16.0. The molecule has 0 aliphatic heterocycles. The molecule has 8 nitrogen and oxygen atoms in total. The molecule has 1 N–H and O–H groups in total. The van der Waals surface area contributed by atoms with Gasteiger partial charge in [0.1, 0.15) is 17.5 Å². The van der Waals surface area contributed by atoms with E-state index < -0.39 is 11.0 Å². The summed E-state index contributed by atoms with van der Waals surface area (Å²) in [5, 5.41) is 18.2. The van der Waals surface area contributed by atoms with Crippen molar-refractivity contribution < 1.29 is 14.5 Å². The molecule has 29 heavy (non-hydrogen) atoms. The van der Waals surface area contributed by atoms with E-state index in [1.54, 1.807) is 36.0 Å². The Morgan fingerprint density at radius 3 is 2.48 bits per heavy atom. The van der Waals surface area contributed by atoms with Gasteiger partial charge in [0.2, 0.25) is 5.91 Å². The second-order valence-corrected chi connectivity index (χ2v) is 7.43. The highest BCUT2D eigenvalue weighted by molar-refractivity contribution is 9.10. The minimum Gasteiger partial charge on any atom is -0.457 e. The van der Waals surface area contributed by atoms with Gasteiger partial charge in [-0.05, 0) is 48.8 Å². The summed E-state index contributed by atoms with van der Waals surface area (Å²) in [5.74, 6) is 0.438. The predicted octanol–water partition coefficient (Wildman–Crippen LogP) is 5.16. The van der Waals surface area contributed by atoms with Crippen molar-refractivity contribution in [3.63, 3.8) is 0 Å². The number of nitro groups is 1. The standard InChI is InChI=1S/C20H19BrN4O4/c1-12-4-6-17(7-5-12)29-18-9-15(8-16(10-18)25(27)28)23-20(26)14(3)24-13(2)19(21)11-22-24/h4-11,14H,1-3H3,(H,23,26). The molecule has 1 heterocycles. The van der Waals surface area contributed by atoms with Crippen LogP contribution in [-0.4, -0.2) is 20.6 Å². The van der Waals surface area contributed by atoms with E-state index in [4.69, 9.17) is 4.74 Å². The van der Waals surface area contributed by atoms with Gasteiger partial charge in [0.05, 0.1) is 33.0 Å². The Labute approximate surface area is 175 Å². The van der Waals surface area contributed by atoms with Crippen LogP contribution in [0.4, 0.5) is 11.4 Å². The van der Waals surface area contributed by atoms with Crippen molar-refractivity contribution in [2.75, 3.05) is 5.32 Å². The second-order valence-electron chi connectivity index (χ2n) is 6.58. The van der Waals surface area contributed by atoms with Crippen LogP contribution in [0, 0.1) is 24.0 Å². The number of amides is 1. The zero-order valence-corrected chi connectivity index (χ0v) is 17.6. The Hall–Kier alpha value is -3.20. The normalized spacial score (nSPS) is 11.7. The molecule has 0 spiro atoms. The maximum absolute atomic E-state index is 12.7. The minimum atomic E-state index is -0.609. The molecule has 0 fully saturated rings. The number of hydrogen-bond acceptors (Lipinski definition) is 5. The quantitative estimate of drug-likeness (QED) is 0.405. The van der Waals surface area contributed by atoms with E-state index in [2.05, 4.69) is 26.3 Å². The third-order valence-electron chi connectivity index (χ3n) is 4.36. The van der Waals surface area contributed by atoms with Crippen LogP contribution < -0.4 is 10.1 Å². The molecule has 0 bridgehead atoms. The van der Waals surface area contributed by atoms with Gasteiger partial charge >= 0.3 is 0 Å².